The summed E-state index contributed by atoms with van der Waals surface area (Å²) in [5.41, 5.74) is 3.29. The van der Waals surface area contributed by atoms with E-state index in [4.69, 9.17) is 9.84 Å². The van der Waals surface area contributed by atoms with Gasteiger partial charge in [0.25, 0.3) is 0 Å². The van der Waals surface area contributed by atoms with Gasteiger partial charge >= 0.3 is 5.97 Å². The molecule has 0 aliphatic carbocycles. The third kappa shape index (κ3) is 4.61. The zero-order valence-electron chi connectivity index (χ0n) is 12.0. The van der Waals surface area contributed by atoms with Crippen LogP contribution in [0.2, 0.25) is 0 Å². The fourth-order valence-corrected chi connectivity index (χ4v) is 2.02. The Morgan fingerprint density at radius 2 is 1.76 bits per heavy atom. The number of rotatable bonds is 7. The monoisotopic (exact) mass is 285 g/mol. The molecule has 0 unspecified atom stereocenters. The van der Waals surface area contributed by atoms with Crippen molar-refractivity contribution in [3.05, 3.63) is 65.2 Å². The first kappa shape index (κ1) is 15.1. The summed E-state index contributed by atoms with van der Waals surface area (Å²) in [4.78, 5) is 10.5. The van der Waals surface area contributed by atoms with Gasteiger partial charge in [-0.05, 0) is 24.1 Å². The Morgan fingerprint density at radius 3 is 2.48 bits per heavy atom. The van der Waals surface area contributed by atoms with Crippen LogP contribution in [0.25, 0.3) is 0 Å². The SMILES string of the molecule is Cc1ccccc1COc1ccccc1CNCC(=O)O. The van der Waals surface area contributed by atoms with Crippen LogP contribution in [0.4, 0.5) is 0 Å². The molecule has 0 saturated carbocycles. The highest BCUT2D eigenvalue weighted by atomic mass is 16.5. The highest BCUT2D eigenvalue weighted by Gasteiger charge is 2.05. The second-order valence-electron chi connectivity index (χ2n) is 4.82. The van der Waals surface area contributed by atoms with Crippen molar-refractivity contribution in [2.75, 3.05) is 6.54 Å². The van der Waals surface area contributed by atoms with Crippen LogP contribution in [-0.2, 0) is 17.9 Å². The molecule has 0 fully saturated rings. The molecule has 4 heteroatoms. The van der Waals surface area contributed by atoms with E-state index in [9.17, 15) is 4.79 Å². The van der Waals surface area contributed by atoms with Gasteiger partial charge < -0.3 is 15.2 Å². The van der Waals surface area contributed by atoms with E-state index in [0.29, 0.717) is 13.2 Å². The predicted octanol–water partition coefficient (Wildman–Crippen LogP) is 2.75. The molecular formula is C17H19NO3. The van der Waals surface area contributed by atoms with Gasteiger partial charge in [0.1, 0.15) is 12.4 Å². The van der Waals surface area contributed by atoms with E-state index in [0.717, 1.165) is 16.9 Å². The topological polar surface area (TPSA) is 58.6 Å². The summed E-state index contributed by atoms with van der Waals surface area (Å²) < 4.78 is 5.87. The number of nitrogens with one attached hydrogen (secondary N) is 1. The Balaban J connectivity index is 1.99. The number of hydrogen-bond donors (Lipinski definition) is 2. The normalized spacial score (nSPS) is 10.3. The van der Waals surface area contributed by atoms with E-state index in [2.05, 4.69) is 18.3 Å². The number of hydrogen-bond acceptors (Lipinski definition) is 3. The Kier molecular flexibility index (Phi) is 5.35. The molecule has 2 rings (SSSR count). The van der Waals surface area contributed by atoms with Gasteiger partial charge in [-0.1, -0.05) is 42.5 Å². The first-order chi connectivity index (χ1) is 10.2. The minimum Gasteiger partial charge on any atom is -0.489 e. The van der Waals surface area contributed by atoms with Gasteiger partial charge in [-0.25, -0.2) is 0 Å². The maximum absolute atomic E-state index is 10.5. The van der Waals surface area contributed by atoms with Crippen molar-refractivity contribution in [3.63, 3.8) is 0 Å². The molecule has 0 radical (unpaired) electrons. The van der Waals surface area contributed by atoms with E-state index < -0.39 is 5.97 Å². The summed E-state index contributed by atoms with van der Waals surface area (Å²) in [6.07, 6.45) is 0. The van der Waals surface area contributed by atoms with E-state index in [-0.39, 0.29) is 6.54 Å². The highest BCUT2D eigenvalue weighted by Crippen LogP contribution is 2.20. The van der Waals surface area contributed by atoms with Crippen LogP contribution in [-0.4, -0.2) is 17.6 Å². The quantitative estimate of drug-likeness (QED) is 0.821. The molecule has 2 aromatic rings. The lowest BCUT2D eigenvalue weighted by Crippen LogP contribution is -2.22. The van der Waals surface area contributed by atoms with Crippen molar-refractivity contribution in [1.29, 1.82) is 0 Å². The largest absolute Gasteiger partial charge is 0.489 e. The van der Waals surface area contributed by atoms with Crippen LogP contribution in [0.5, 0.6) is 5.75 Å². The molecule has 0 atom stereocenters. The van der Waals surface area contributed by atoms with Crippen LogP contribution in [0, 0.1) is 6.92 Å². The summed E-state index contributed by atoms with van der Waals surface area (Å²) in [5.74, 6) is -0.0908. The Morgan fingerprint density at radius 1 is 1.10 bits per heavy atom. The Hall–Kier alpha value is -2.33. The summed E-state index contributed by atoms with van der Waals surface area (Å²) in [6, 6.07) is 15.7. The molecule has 2 N–H and O–H groups in total. The third-order valence-corrected chi connectivity index (χ3v) is 3.21. The van der Waals surface area contributed by atoms with Crippen molar-refractivity contribution in [2.24, 2.45) is 0 Å². The second kappa shape index (κ2) is 7.45. The zero-order chi connectivity index (χ0) is 15.1. The van der Waals surface area contributed by atoms with Crippen LogP contribution < -0.4 is 10.1 Å². The number of benzene rings is 2. The second-order valence-corrected chi connectivity index (χ2v) is 4.82. The molecule has 21 heavy (non-hydrogen) atoms. The molecule has 0 aromatic heterocycles. The number of para-hydroxylation sites is 1. The standard InChI is InChI=1S/C17H19NO3/c1-13-6-2-3-8-15(13)12-21-16-9-5-4-7-14(16)10-18-11-17(19)20/h2-9,18H,10-12H2,1H3,(H,19,20). The maximum Gasteiger partial charge on any atom is 0.317 e. The average Bonchev–Trinajstić information content (AvgIpc) is 2.47. The van der Waals surface area contributed by atoms with Gasteiger partial charge in [-0.2, -0.15) is 0 Å². The lowest BCUT2D eigenvalue weighted by Gasteiger charge is -2.13. The number of aryl methyl sites for hydroxylation is 1. The summed E-state index contributed by atoms with van der Waals surface area (Å²) in [6.45, 7) is 2.96. The minimum atomic E-state index is -0.867. The van der Waals surface area contributed by atoms with Crippen LogP contribution >= 0.6 is 0 Å². The first-order valence-corrected chi connectivity index (χ1v) is 6.84. The zero-order valence-corrected chi connectivity index (χ0v) is 12.0. The van der Waals surface area contributed by atoms with E-state index >= 15 is 0 Å². The van der Waals surface area contributed by atoms with Crippen molar-refractivity contribution >= 4 is 5.97 Å². The van der Waals surface area contributed by atoms with Crippen LogP contribution in [0.15, 0.2) is 48.5 Å². The van der Waals surface area contributed by atoms with Gasteiger partial charge in [0.05, 0.1) is 6.54 Å². The van der Waals surface area contributed by atoms with Crippen molar-refractivity contribution in [2.45, 2.75) is 20.1 Å². The third-order valence-electron chi connectivity index (χ3n) is 3.21. The highest BCUT2D eigenvalue weighted by molar-refractivity contribution is 5.69. The Labute approximate surface area is 124 Å². The molecule has 0 saturated heterocycles. The van der Waals surface area contributed by atoms with Crippen molar-refractivity contribution < 1.29 is 14.6 Å². The van der Waals surface area contributed by atoms with Gasteiger partial charge in [-0.3, -0.25) is 4.79 Å². The molecule has 0 aliphatic rings. The fourth-order valence-electron chi connectivity index (χ4n) is 2.02. The molecule has 4 nitrogen and oxygen atoms in total. The van der Waals surface area contributed by atoms with Gasteiger partial charge in [0.2, 0.25) is 0 Å². The molecule has 0 bridgehead atoms. The summed E-state index contributed by atoms with van der Waals surface area (Å²) >= 11 is 0. The molecule has 2 aromatic carbocycles. The molecule has 0 amide bonds. The molecule has 110 valence electrons. The average molecular weight is 285 g/mol. The number of carbonyl (C=O) groups is 1. The number of ether oxygens (including phenoxy) is 1. The van der Waals surface area contributed by atoms with E-state index in [1.807, 2.05) is 42.5 Å². The smallest absolute Gasteiger partial charge is 0.317 e. The summed E-state index contributed by atoms with van der Waals surface area (Å²) in [5, 5.41) is 11.5. The van der Waals surface area contributed by atoms with Crippen molar-refractivity contribution in [1.82, 2.24) is 5.32 Å². The first-order valence-electron chi connectivity index (χ1n) is 6.84. The number of aliphatic carboxylic acids is 1. The van der Waals surface area contributed by atoms with E-state index in [1.165, 1.54) is 5.56 Å². The summed E-state index contributed by atoms with van der Waals surface area (Å²) in [7, 11) is 0. The molecule has 0 heterocycles. The number of carboxylic acid groups (broad SMARTS) is 1. The molecular weight excluding hydrogens is 266 g/mol. The van der Waals surface area contributed by atoms with E-state index in [1.54, 1.807) is 0 Å². The Bertz CT molecular complexity index is 610. The fraction of sp³-hybridized carbons (Fsp3) is 0.235. The maximum atomic E-state index is 10.5. The lowest BCUT2D eigenvalue weighted by atomic mass is 10.1. The van der Waals surface area contributed by atoms with Crippen molar-refractivity contribution in [3.8, 4) is 5.75 Å². The van der Waals surface area contributed by atoms with Gasteiger partial charge in [0, 0.05) is 12.1 Å². The van der Waals surface area contributed by atoms with Gasteiger partial charge in [0.15, 0.2) is 0 Å². The predicted molar refractivity (Wildman–Crippen MR) is 81.3 cm³/mol. The van der Waals surface area contributed by atoms with Gasteiger partial charge in [-0.15, -0.1) is 0 Å². The van der Waals surface area contributed by atoms with Crippen LogP contribution in [0.1, 0.15) is 16.7 Å². The van der Waals surface area contributed by atoms with Crippen LogP contribution in [0.3, 0.4) is 0 Å². The minimum absolute atomic E-state index is 0.0634. The lowest BCUT2D eigenvalue weighted by molar-refractivity contribution is -0.136. The number of carboxylic acids is 1. The molecule has 0 aliphatic heterocycles. The molecule has 0 spiro atoms.